The van der Waals surface area contributed by atoms with Gasteiger partial charge in [-0.1, -0.05) is 101 Å². The van der Waals surface area contributed by atoms with E-state index in [4.69, 9.17) is 0 Å². The predicted molar refractivity (Wildman–Crippen MR) is 175 cm³/mol. The van der Waals surface area contributed by atoms with Gasteiger partial charge in [-0.05, 0) is 80.9 Å². The molecule has 0 amide bonds. The lowest BCUT2D eigenvalue weighted by Crippen LogP contribution is -2.29. The number of carbonyl (C=O) groups excluding carboxylic acids is 1. The highest BCUT2D eigenvalue weighted by atomic mass is 16.3. The Labute approximate surface area is 248 Å². The number of Topliss-reactive ketones (excluding diaryl/α,β-unsaturated/α-hetero) is 1. The van der Waals surface area contributed by atoms with Crippen molar-refractivity contribution in [3.8, 4) is 0 Å². The van der Waals surface area contributed by atoms with Crippen molar-refractivity contribution in [2.24, 2.45) is 0 Å². The highest BCUT2D eigenvalue weighted by Crippen LogP contribution is 2.53. The van der Waals surface area contributed by atoms with Gasteiger partial charge in [0.15, 0.2) is 0 Å². The van der Waals surface area contributed by atoms with Crippen molar-refractivity contribution in [2.75, 3.05) is 11.4 Å². The first-order valence-corrected chi connectivity index (χ1v) is 15.1. The van der Waals surface area contributed by atoms with Crippen LogP contribution in [0.25, 0.3) is 27.1 Å². The molecule has 210 valence electrons. The maximum absolute atomic E-state index is 13.8. The van der Waals surface area contributed by atoms with Crippen LogP contribution in [0.3, 0.4) is 0 Å². The normalized spacial score (nSPS) is 20.7. The van der Waals surface area contributed by atoms with E-state index in [9.17, 15) is 9.90 Å². The lowest BCUT2D eigenvalue weighted by Gasteiger charge is -2.29. The molecule has 7 rings (SSSR count). The zero-order valence-corrected chi connectivity index (χ0v) is 25.3. The van der Waals surface area contributed by atoms with Crippen LogP contribution in [0, 0.1) is 0 Å². The smallest absolute Gasteiger partial charge is 0.200 e. The molecule has 42 heavy (non-hydrogen) atoms. The van der Waals surface area contributed by atoms with E-state index in [1.54, 1.807) is 0 Å². The van der Waals surface area contributed by atoms with E-state index >= 15 is 0 Å². The molecule has 0 bridgehead atoms. The molecule has 0 radical (unpaired) electrons. The topological polar surface area (TPSA) is 40.5 Å². The van der Waals surface area contributed by atoms with Gasteiger partial charge in [-0.2, -0.15) is 0 Å². The number of likely N-dealkylation sites (N-methyl/N-ethyl adjacent to an activating group) is 1. The van der Waals surface area contributed by atoms with E-state index in [0.717, 1.165) is 24.2 Å². The average Bonchev–Trinajstić information content (AvgIpc) is 3.36. The third kappa shape index (κ3) is 3.43. The molecule has 0 saturated carbocycles. The molecular weight excluding hydrogens is 514 g/mol. The number of anilines is 1. The second kappa shape index (κ2) is 9.06. The summed E-state index contributed by atoms with van der Waals surface area (Å²) >= 11 is 0. The monoisotopic (exact) mass is 551 g/mol. The Morgan fingerprint density at radius 3 is 2.00 bits per heavy atom. The van der Waals surface area contributed by atoms with Crippen LogP contribution in [-0.2, 0) is 15.6 Å². The van der Waals surface area contributed by atoms with Gasteiger partial charge in [0.25, 0.3) is 0 Å². The molecule has 0 unspecified atom stereocenters. The second-order valence-corrected chi connectivity index (χ2v) is 12.8. The Hall–Kier alpha value is -4.37. The zero-order chi connectivity index (χ0) is 29.6. The number of fused-ring (bicyclic) bond motifs is 6. The standard InChI is InChI=1S/C39H37NO2/c1-7-25-28-19-17-23-13-9-11-15-26(23)34(28)38(3,4)31(25)21-29-36(41)30(37(29)42)22-33-39(5,6)35-27-16-12-10-14-24(27)18-20-32(35)40(33)8-2/h9-22,41H,7-8H2,1-6H3/b29-21?,33-22+. The van der Waals surface area contributed by atoms with Crippen molar-refractivity contribution in [1.29, 1.82) is 0 Å². The molecule has 2 aliphatic carbocycles. The van der Waals surface area contributed by atoms with Crippen molar-refractivity contribution >= 4 is 38.6 Å². The maximum Gasteiger partial charge on any atom is 0.200 e. The summed E-state index contributed by atoms with van der Waals surface area (Å²) in [6.45, 7) is 14.0. The van der Waals surface area contributed by atoms with Gasteiger partial charge >= 0.3 is 0 Å². The molecule has 3 aliphatic rings. The quantitative estimate of drug-likeness (QED) is 0.257. The molecule has 0 aromatic heterocycles. The molecular formula is C39H37NO2. The summed E-state index contributed by atoms with van der Waals surface area (Å²) in [6.07, 6.45) is 4.76. The molecule has 4 aromatic carbocycles. The zero-order valence-electron chi connectivity index (χ0n) is 25.3. The third-order valence-corrected chi connectivity index (χ3v) is 9.87. The number of ketones is 1. The van der Waals surface area contributed by atoms with Gasteiger partial charge in [-0.25, -0.2) is 0 Å². The van der Waals surface area contributed by atoms with Gasteiger partial charge in [0.05, 0.1) is 11.1 Å². The van der Waals surface area contributed by atoms with Crippen LogP contribution < -0.4 is 4.90 Å². The molecule has 0 atom stereocenters. The summed E-state index contributed by atoms with van der Waals surface area (Å²) in [7, 11) is 0. The first-order valence-electron chi connectivity index (χ1n) is 15.1. The molecule has 0 spiro atoms. The minimum absolute atomic E-state index is 0.0905. The number of nitrogens with zero attached hydrogens (tertiary/aromatic N) is 1. The van der Waals surface area contributed by atoms with Crippen LogP contribution in [0.1, 0.15) is 64.7 Å². The van der Waals surface area contributed by atoms with E-state index in [1.165, 1.54) is 49.5 Å². The van der Waals surface area contributed by atoms with E-state index in [0.29, 0.717) is 11.1 Å². The van der Waals surface area contributed by atoms with Gasteiger partial charge < -0.3 is 10.0 Å². The van der Waals surface area contributed by atoms with E-state index in [2.05, 4.69) is 119 Å². The molecule has 0 saturated heterocycles. The number of carbonyl (C=O) groups is 1. The van der Waals surface area contributed by atoms with Crippen molar-refractivity contribution in [2.45, 2.75) is 58.8 Å². The summed E-state index contributed by atoms with van der Waals surface area (Å²) in [4.78, 5) is 16.0. The molecule has 3 nitrogen and oxygen atoms in total. The SMILES string of the molecule is CCC1=C(C=C2C(=O)C(/C=C3/N(CC)c4ccc5ccccc5c4C3(C)C)=C2O)C(C)(C)c2c1ccc1ccccc21. The number of aliphatic hydroxyl groups excluding tert-OH is 1. The summed E-state index contributed by atoms with van der Waals surface area (Å²) in [5, 5.41) is 16.3. The molecule has 4 aromatic rings. The Balaban J connectivity index is 1.33. The number of rotatable bonds is 4. The maximum atomic E-state index is 13.8. The molecule has 0 fully saturated rings. The fourth-order valence-electron chi connectivity index (χ4n) is 7.83. The van der Waals surface area contributed by atoms with Gasteiger partial charge in [-0.3, -0.25) is 4.79 Å². The second-order valence-electron chi connectivity index (χ2n) is 12.8. The highest BCUT2D eigenvalue weighted by Gasteiger charge is 2.44. The molecule has 1 N–H and O–H groups in total. The summed E-state index contributed by atoms with van der Waals surface area (Å²) in [6, 6.07) is 25.8. The molecule has 1 heterocycles. The number of hydrogen-bond donors (Lipinski definition) is 1. The first-order chi connectivity index (χ1) is 20.1. The van der Waals surface area contributed by atoms with Gasteiger partial charge in [0.2, 0.25) is 5.78 Å². The number of aliphatic hydroxyl groups is 1. The van der Waals surface area contributed by atoms with Crippen LogP contribution in [0.2, 0.25) is 0 Å². The Morgan fingerprint density at radius 1 is 0.762 bits per heavy atom. The van der Waals surface area contributed by atoms with E-state index in [-0.39, 0.29) is 22.4 Å². The van der Waals surface area contributed by atoms with E-state index in [1.807, 2.05) is 12.2 Å². The van der Waals surface area contributed by atoms with Crippen molar-refractivity contribution in [1.82, 2.24) is 0 Å². The van der Waals surface area contributed by atoms with Crippen molar-refractivity contribution in [3.05, 3.63) is 130 Å². The highest BCUT2D eigenvalue weighted by molar-refractivity contribution is 6.21. The molecule has 1 aliphatic heterocycles. The Bertz CT molecular complexity index is 1980. The fourth-order valence-corrected chi connectivity index (χ4v) is 7.83. The minimum atomic E-state index is -0.326. The van der Waals surface area contributed by atoms with Crippen LogP contribution in [0.15, 0.2) is 113 Å². The number of benzene rings is 4. The average molecular weight is 552 g/mol. The van der Waals surface area contributed by atoms with E-state index < -0.39 is 0 Å². The van der Waals surface area contributed by atoms with Crippen LogP contribution >= 0.6 is 0 Å². The summed E-state index contributed by atoms with van der Waals surface area (Å²) in [5.74, 6) is 0.00645. The van der Waals surface area contributed by atoms with Crippen molar-refractivity contribution < 1.29 is 9.90 Å². The largest absolute Gasteiger partial charge is 0.506 e. The predicted octanol–water partition coefficient (Wildman–Crippen LogP) is 9.47. The van der Waals surface area contributed by atoms with Crippen LogP contribution in [-0.4, -0.2) is 17.4 Å². The van der Waals surface area contributed by atoms with Gasteiger partial charge in [0.1, 0.15) is 5.76 Å². The number of hydrogen-bond acceptors (Lipinski definition) is 3. The van der Waals surface area contributed by atoms with Crippen LogP contribution in [0.5, 0.6) is 0 Å². The van der Waals surface area contributed by atoms with Gasteiger partial charge in [-0.15, -0.1) is 0 Å². The summed E-state index contributed by atoms with van der Waals surface area (Å²) in [5.41, 5.74) is 8.60. The first kappa shape index (κ1) is 26.5. The lowest BCUT2D eigenvalue weighted by molar-refractivity contribution is -0.113. The lowest BCUT2D eigenvalue weighted by atomic mass is 9.76. The van der Waals surface area contributed by atoms with Gasteiger partial charge in [0, 0.05) is 28.8 Å². The fraction of sp³-hybridized carbons (Fsp3) is 0.256. The number of allylic oxidation sites excluding steroid dienone is 7. The molecule has 3 heteroatoms. The summed E-state index contributed by atoms with van der Waals surface area (Å²) < 4.78 is 0. The Kier molecular flexibility index (Phi) is 5.72. The Morgan fingerprint density at radius 2 is 1.38 bits per heavy atom. The van der Waals surface area contributed by atoms with Crippen LogP contribution in [0.4, 0.5) is 5.69 Å². The minimum Gasteiger partial charge on any atom is -0.506 e. The van der Waals surface area contributed by atoms with Crippen molar-refractivity contribution in [3.63, 3.8) is 0 Å². The third-order valence-electron chi connectivity index (χ3n) is 9.87.